The fourth-order valence-electron chi connectivity index (χ4n) is 2.65. The average Bonchev–Trinajstić information content (AvgIpc) is 2.61. The number of phenolic OH excluding ortho intramolecular Hbond substituents is 3. The highest BCUT2D eigenvalue weighted by atomic mass is 16.5. The Morgan fingerprint density at radius 2 is 1.46 bits per heavy atom. The molecule has 0 radical (unpaired) electrons. The minimum atomic E-state index is -0.539. The molecular weight excluding hydrogens is 344 g/mol. The van der Waals surface area contributed by atoms with E-state index in [1.54, 1.807) is 0 Å². The van der Waals surface area contributed by atoms with Crippen molar-refractivity contribution in [1.29, 1.82) is 0 Å². The molecule has 0 saturated heterocycles. The molecule has 0 amide bonds. The molecule has 26 heavy (non-hydrogen) atoms. The van der Waals surface area contributed by atoms with E-state index in [0.717, 1.165) is 6.07 Å². The van der Waals surface area contributed by atoms with Crippen molar-refractivity contribution in [2.75, 3.05) is 21.3 Å². The lowest BCUT2D eigenvalue weighted by molar-refractivity contribution is 0.340. The zero-order valence-electron chi connectivity index (χ0n) is 14.2. The van der Waals surface area contributed by atoms with Gasteiger partial charge < -0.3 is 33.9 Å². The van der Waals surface area contributed by atoms with Gasteiger partial charge in [-0.05, 0) is 12.1 Å². The summed E-state index contributed by atoms with van der Waals surface area (Å²) < 4.78 is 21.0. The first-order valence-electron chi connectivity index (χ1n) is 7.43. The maximum absolute atomic E-state index is 12.5. The molecule has 2 aromatic carbocycles. The number of aromatic hydroxyl groups is 3. The number of benzene rings is 2. The first-order valence-corrected chi connectivity index (χ1v) is 7.43. The lowest BCUT2D eigenvalue weighted by Gasteiger charge is -2.12. The van der Waals surface area contributed by atoms with Gasteiger partial charge in [-0.1, -0.05) is 0 Å². The van der Waals surface area contributed by atoms with E-state index >= 15 is 0 Å². The number of methoxy groups -OCH3 is 3. The van der Waals surface area contributed by atoms with Gasteiger partial charge in [-0.3, -0.25) is 4.79 Å². The zero-order chi connectivity index (χ0) is 19.0. The van der Waals surface area contributed by atoms with Gasteiger partial charge in [0.15, 0.2) is 28.3 Å². The minimum Gasteiger partial charge on any atom is -0.507 e. The molecule has 0 aliphatic heterocycles. The quantitative estimate of drug-likeness (QED) is 0.650. The number of hydrogen-bond acceptors (Lipinski definition) is 8. The fourth-order valence-corrected chi connectivity index (χ4v) is 2.65. The maximum atomic E-state index is 12.5. The van der Waals surface area contributed by atoms with E-state index in [1.807, 2.05) is 0 Å². The summed E-state index contributed by atoms with van der Waals surface area (Å²) in [6, 6.07) is 5.09. The second kappa shape index (κ2) is 6.40. The highest BCUT2D eigenvalue weighted by molar-refractivity contribution is 5.91. The number of fused-ring (bicyclic) bond motifs is 1. The van der Waals surface area contributed by atoms with E-state index in [-0.39, 0.29) is 45.5 Å². The van der Waals surface area contributed by atoms with Gasteiger partial charge in [-0.2, -0.15) is 0 Å². The first-order chi connectivity index (χ1) is 12.4. The molecule has 3 rings (SSSR count). The molecule has 136 valence electrons. The van der Waals surface area contributed by atoms with Crippen molar-refractivity contribution in [3.8, 4) is 45.8 Å². The van der Waals surface area contributed by atoms with Gasteiger partial charge in [-0.25, -0.2) is 0 Å². The second-order valence-corrected chi connectivity index (χ2v) is 5.36. The SMILES string of the molecule is COc1cc(-c2cc(=O)c3c(O)cc(O)c(OC)c3o2)cc(OC)c1O. The Morgan fingerprint density at radius 1 is 0.846 bits per heavy atom. The van der Waals surface area contributed by atoms with Gasteiger partial charge in [0.1, 0.15) is 16.9 Å². The molecule has 0 aliphatic carbocycles. The van der Waals surface area contributed by atoms with E-state index in [4.69, 9.17) is 18.6 Å². The van der Waals surface area contributed by atoms with Crippen LogP contribution in [0.4, 0.5) is 0 Å². The number of ether oxygens (including phenoxy) is 3. The molecule has 8 heteroatoms. The van der Waals surface area contributed by atoms with Crippen LogP contribution < -0.4 is 19.6 Å². The number of phenols is 3. The predicted octanol–water partition coefficient (Wildman–Crippen LogP) is 2.60. The standard InChI is InChI=1S/C18H16O8/c1-23-13-4-8(5-14(24-2)16(13)22)12-7-10(20)15-9(19)6-11(21)17(25-3)18(15)26-12/h4-7,19,21-22H,1-3H3. The Hall–Kier alpha value is -3.55. The van der Waals surface area contributed by atoms with E-state index in [9.17, 15) is 20.1 Å². The molecular formula is C18H16O8. The third kappa shape index (κ3) is 2.61. The molecule has 0 saturated carbocycles. The van der Waals surface area contributed by atoms with Crippen molar-refractivity contribution < 1.29 is 33.9 Å². The molecule has 8 nitrogen and oxygen atoms in total. The molecule has 0 atom stereocenters. The topological polar surface area (TPSA) is 119 Å². The largest absolute Gasteiger partial charge is 0.507 e. The molecule has 3 aromatic rings. The van der Waals surface area contributed by atoms with Gasteiger partial charge >= 0.3 is 0 Å². The summed E-state index contributed by atoms with van der Waals surface area (Å²) >= 11 is 0. The van der Waals surface area contributed by atoms with Gasteiger partial charge in [0.25, 0.3) is 0 Å². The van der Waals surface area contributed by atoms with E-state index in [2.05, 4.69) is 0 Å². The van der Waals surface area contributed by atoms with Crippen LogP contribution in [-0.2, 0) is 0 Å². The van der Waals surface area contributed by atoms with Crippen molar-refractivity contribution in [2.24, 2.45) is 0 Å². The van der Waals surface area contributed by atoms with Crippen molar-refractivity contribution in [2.45, 2.75) is 0 Å². The Balaban J connectivity index is 2.36. The summed E-state index contributed by atoms with van der Waals surface area (Å²) in [6.07, 6.45) is 0. The molecule has 0 fully saturated rings. The fraction of sp³-hybridized carbons (Fsp3) is 0.167. The summed E-state index contributed by atoms with van der Waals surface area (Å²) in [5.41, 5.74) is -0.276. The maximum Gasteiger partial charge on any atom is 0.204 e. The first kappa shape index (κ1) is 17.3. The van der Waals surface area contributed by atoms with E-state index in [1.165, 1.54) is 39.5 Å². The third-order valence-electron chi connectivity index (χ3n) is 3.88. The van der Waals surface area contributed by atoms with E-state index < -0.39 is 11.2 Å². The van der Waals surface area contributed by atoms with Crippen LogP contribution in [0.2, 0.25) is 0 Å². The molecule has 1 aromatic heterocycles. The van der Waals surface area contributed by atoms with Gasteiger partial charge in [0.2, 0.25) is 11.5 Å². The number of rotatable bonds is 4. The summed E-state index contributed by atoms with van der Waals surface area (Å²) in [7, 11) is 4.03. The Kier molecular flexibility index (Phi) is 4.25. The lowest BCUT2D eigenvalue weighted by Crippen LogP contribution is -2.02. The summed E-state index contributed by atoms with van der Waals surface area (Å²) in [5, 5.41) is 29.8. The second-order valence-electron chi connectivity index (χ2n) is 5.36. The van der Waals surface area contributed by atoms with Crippen molar-refractivity contribution in [3.05, 3.63) is 34.5 Å². The van der Waals surface area contributed by atoms with Crippen LogP contribution in [0.25, 0.3) is 22.3 Å². The summed E-state index contributed by atoms with van der Waals surface area (Å²) in [4.78, 5) is 12.5. The van der Waals surface area contributed by atoms with Gasteiger partial charge in [-0.15, -0.1) is 0 Å². The minimum absolute atomic E-state index is 0.0885. The molecule has 1 heterocycles. The van der Waals surface area contributed by atoms with Crippen molar-refractivity contribution in [3.63, 3.8) is 0 Å². The molecule has 0 aliphatic rings. The molecule has 0 spiro atoms. The molecule has 0 unspecified atom stereocenters. The predicted molar refractivity (Wildman–Crippen MR) is 92.6 cm³/mol. The normalized spacial score (nSPS) is 10.7. The average molecular weight is 360 g/mol. The van der Waals surface area contributed by atoms with Crippen molar-refractivity contribution in [1.82, 2.24) is 0 Å². The van der Waals surface area contributed by atoms with Crippen molar-refractivity contribution >= 4 is 11.0 Å². The van der Waals surface area contributed by atoms with Crippen LogP contribution in [0.3, 0.4) is 0 Å². The van der Waals surface area contributed by atoms with Gasteiger partial charge in [0, 0.05) is 17.7 Å². The highest BCUT2D eigenvalue weighted by Crippen LogP contribution is 2.43. The Morgan fingerprint density at radius 3 is 2.00 bits per heavy atom. The van der Waals surface area contributed by atoms with E-state index in [0.29, 0.717) is 5.56 Å². The molecule has 0 bridgehead atoms. The molecule has 3 N–H and O–H groups in total. The Bertz CT molecular complexity index is 1030. The number of hydrogen-bond donors (Lipinski definition) is 3. The van der Waals surface area contributed by atoms with Gasteiger partial charge in [0.05, 0.1) is 21.3 Å². The van der Waals surface area contributed by atoms with Crippen LogP contribution in [0.5, 0.6) is 34.5 Å². The smallest absolute Gasteiger partial charge is 0.204 e. The van der Waals surface area contributed by atoms with Crippen LogP contribution in [0.15, 0.2) is 33.5 Å². The van der Waals surface area contributed by atoms with Crippen LogP contribution in [-0.4, -0.2) is 36.6 Å². The van der Waals surface area contributed by atoms with Crippen LogP contribution in [0.1, 0.15) is 0 Å². The third-order valence-corrected chi connectivity index (χ3v) is 3.88. The highest BCUT2D eigenvalue weighted by Gasteiger charge is 2.20. The summed E-state index contributed by atoms with van der Waals surface area (Å²) in [5.74, 6) is -0.759. The van der Waals surface area contributed by atoms with Crippen LogP contribution >= 0.6 is 0 Å². The monoisotopic (exact) mass is 360 g/mol. The Labute approximate surface area is 147 Å². The summed E-state index contributed by atoms with van der Waals surface area (Å²) in [6.45, 7) is 0. The zero-order valence-corrected chi connectivity index (χ0v) is 14.2. The van der Waals surface area contributed by atoms with Crippen LogP contribution in [0, 0.1) is 0 Å². The lowest BCUT2D eigenvalue weighted by atomic mass is 10.1.